The van der Waals surface area contributed by atoms with E-state index in [0.717, 1.165) is 29.1 Å². The zero-order valence-electron chi connectivity index (χ0n) is 23.1. The van der Waals surface area contributed by atoms with Crippen LogP contribution in [-0.2, 0) is 22.0 Å². The number of rotatable bonds is 10. The highest BCUT2D eigenvalue weighted by molar-refractivity contribution is 7.92. The number of anilines is 2. The first-order valence-corrected chi connectivity index (χ1v) is 15.1. The van der Waals surface area contributed by atoms with Gasteiger partial charge in [0.2, 0.25) is 0 Å². The van der Waals surface area contributed by atoms with Crippen molar-refractivity contribution in [3.05, 3.63) is 48.3 Å². The van der Waals surface area contributed by atoms with E-state index in [1.807, 2.05) is 23.1 Å². The van der Waals surface area contributed by atoms with Crippen molar-refractivity contribution in [1.29, 1.82) is 0 Å². The van der Waals surface area contributed by atoms with Gasteiger partial charge >= 0.3 is 0 Å². The van der Waals surface area contributed by atoms with Crippen LogP contribution in [0.4, 0.5) is 11.4 Å². The summed E-state index contributed by atoms with van der Waals surface area (Å²) in [5, 5.41) is 18.6. The molecule has 0 aliphatic heterocycles. The lowest BCUT2D eigenvalue weighted by atomic mass is 9.88. The molecule has 1 aromatic heterocycles. The maximum atomic E-state index is 13.5. The number of hydrogen-bond acceptors (Lipinski definition) is 6. The van der Waals surface area contributed by atoms with E-state index in [1.54, 1.807) is 31.3 Å². The van der Waals surface area contributed by atoms with Crippen molar-refractivity contribution >= 4 is 32.4 Å². The Morgan fingerprint density at radius 2 is 1.55 bits per heavy atom. The maximum absolute atomic E-state index is 13.5. The maximum Gasteiger partial charge on any atom is 0.264 e. The van der Waals surface area contributed by atoms with E-state index in [9.17, 15) is 18.6 Å². The molecule has 3 aromatic rings. The van der Waals surface area contributed by atoms with Crippen LogP contribution >= 0.6 is 0 Å². The fourth-order valence-electron chi connectivity index (χ4n) is 5.44. The highest BCUT2D eigenvalue weighted by atomic mass is 32.2. The number of benzene rings is 2. The van der Waals surface area contributed by atoms with Crippen LogP contribution in [0.25, 0.3) is 11.0 Å². The second-order valence-corrected chi connectivity index (χ2v) is 13.3. The zero-order valence-corrected chi connectivity index (χ0v) is 23.9. The van der Waals surface area contributed by atoms with Crippen molar-refractivity contribution < 1.29 is 18.6 Å². The molecule has 4 rings (SSSR count). The predicted octanol–water partition coefficient (Wildman–Crippen LogP) is 4.53. The SMILES string of the molecule is CN(c1ccc2c(c1)nc(C(C)(C)C)n2CC1CCCCC1)S(=O)(=O)c1ccc(N(CCO)CCO)cc1. The van der Waals surface area contributed by atoms with Gasteiger partial charge in [-0.15, -0.1) is 0 Å². The number of hydrogen-bond donors (Lipinski definition) is 2. The van der Waals surface area contributed by atoms with Gasteiger partial charge in [0.25, 0.3) is 10.0 Å². The minimum atomic E-state index is -3.80. The molecule has 9 heteroatoms. The molecule has 1 heterocycles. The largest absolute Gasteiger partial charge is 0.395 e. The van der Waals surface area contributed by atoms with Crippen LogP contribution < -0.4 is 9.21 Å². The van der Waals surface area contributed by atoms with E-state index >= 15 is 0 Å². The quantitative estimate of drug-likeness (QED) is 0.391. The van der Waals surface area contributed by atoms with Crippen LogP contribution in [0.3, 0.4) is 0 Å². The third-order valence-corrected chi connectivity index (χ3v) is 9.33. The molecule has 0 amide bonds. The van der Waals surface area contributed by atoms with E-state index in [0.29, 0.717) is 24.7 Å². The number of aliphatic hydroxyl groups is 2. The van der Waals surface area contributed by atoms with E-state index in [2.05, 4.69) is 25.3 Å². The Morgan fingerprint density at radius 3 is 2.13 bits per heavy atom. The highest BCUT2D eigenvalue weighted by Crippen LogP contribution is 2.33. The number of sulfonamides is 1. The minimum absolute atomic E-state index is 0.0569. The minimum Gasteiger partial charge on any atom is -0.395 e. The Hall–Kier alpha value is -2.62. The number of fused-ring (bicyclic) bond motifs is 1. The van der Waals surface area contributed by atoms with Crippen molar-refractivity contribution in [3.8, 4) is 0 Å². The summed E-state index contributed by atoms with van der Waals surface area (Å²) in [6.45, 7) is 8.08. The van der Waals surface area contributed by atoms with Crippen LogP contribution in [0, 0.1) is 5.92 Å². The van der Waals surface area contributed by atoms with Gasteiger partial charge in [-0.25, -0.2) is 13.4 Å². The second-order valence-electron chi connectivity index (χ2n) is 11.4. The first kappa shape index (κ1) is 28.4. The van der Waals surface area contributed by atoms with Crippen molar-refractivity contribution in [2.75, 3.05) is 42.6 Å². The molecule has 1 aliphatic rings. The van der Waals surface area contributed by atoms with Crippen molar-refractivity contribution in [1.82, 2.24) is 9.55 Å². The van der Waals surface area contributed by atoms with Gasteiger partial charge in [-0.3, -0.25) is 4.31 Å². The van der Waals surface area contributed by atoms with Gasteiger partial charge in [-0.1, -0.05) is 40.0 Å². The lowest BCUT2D eigenvalue weighted by molar-refractivity contribution is 0.281. The molecular formula is C29H42N4O4S. The van der Waals surface area contributed by atoms with E-state index < -0.39 is 10.0 Å². The summed E-state index contributed by atoms with van der Waals surface area (Å²) in [7, 11) is -2.23. The van der Waals surface area contributed by atoms with Crippen LogP contribution in [0.1, 0.15) is 58.7 Å². The standard InChI is InChI=1S/C29H42N4O4S/c1-29(2,3)28-30-26-20-24(12-15-27(26)33(28)21-22-8-6-5-7-9-22)31(4)38(36,37)25-13-10-23(11-14-25)32(16-18-34)17-19-35/h10-15,20,22,34-35H,5-9,16-19,21H2,1-4H3. The topological polar surface area (TPSA) is 98.9 Å². The molecule has 0 saturated heterocycles. The second kappa shape index (κ2) is 11.6. The van der Waals surface area contributed by atoms with E-state index in [-0.39, 0.29) is 23.5 Å². The highest BCUT2D eigenvalue weighted by Gasteiger charge is 2.27. The molecule has 8 nitrogen and oxygen atoms in total. The Morgan fingerprint density at radius 1 is 0.947 bits per heavy atom. The summed E-state index contributed by atoms with van der Waals surface area (Å²) in [6.07, 6.45) is 6.40. The number of aromatic nitrogens is 2. The van der Waals surface area contributed by atoms with Gasteiger partial charge < -0.3 is 19.7 Å². The van der Waals surface area contributed by atoms with E-state index in [1.165, 1.54) is 36.4 Å². The molecule has 0 unspecified atom stereocenters. The lowest BCUT2D eigenvalue weighted by Crippen LogP contribution is -2.30. The summed E-state index contributed by atoms with van der Waals surface area (Å²) in [4.78, 5) is 6.99. The molecule has 38 heavy (non-hydrogen) atoms. The molecule has 1 aliphatic carbocycles. The molecule has 0 spiro atoms. The van der Waals surface area contributed by atoms with Crippen LogP contribution in [-0.4, -0.2) is 61.5 Å². The Labute approximate surface area is 227 Å². The summed E-state index contributed by atoms with van der Waals surface area (Å²) in [5.74, 6) is 1.69. The van der Waals surface area contributed by atoms with Crippen LogP contribution in [0.15, 0.2) is 47.4 Å². The molecule has 1 fully saturated rings. The van der Waals surface area contributed by atoms with Crippen molar-refractivity contribution in [3.63, 3.8) is 0 Å². The van der Waals surface area contributed by atoms with Gasteiger partial charge in [0.15, 0.2) is 0 Å². The summed E-state index contributed by atoms with van der Waals surface area (Å²) in [5.41, 5.74) is 3.03. The molecule has 1 saturated carbocycles. The van der Waals surface area contributed by atoms with Gasteiger partial charge in [0.05, 0.1) is 34.8 Å². The number of nitrogens with zero attached hydrogens (tertiary/aromatic N) is 4. The third kappa shape index (κ3) is 6.00. The Kier molecular flexibility index (Phi) is 8.69. The molecule has 0 radical (unpaired) electrons. The lowest BCUT2D eigenvalue weighted by Gasteiger charge is -2.26. The molecule has 0 atom stereocenters. The van der Waals surface area contributed by atoms with Crippen molar-refractivity contribution in [2.45, 2.75) is 69.7 Å². The van der Waals surface area contributed by atoms with E-state index in [4.69, 9.17) is 4.98 Å². The number of aliphatic hydroxyl groups excluding tert-OH is 2. The molecular weight excluding hydrogens is 500 g/mol. The Bertz CT molecular complexity index is 1320. The molecule has 2 N–H and O–H groups in total. The Balaban J connectivity index is 1.63. The first-order chi connectivity index (χ1) is 18.1. The zero-order chi connectivity index (χ0) is 27.5. The molecule has 0 bridgehead atoms. The monoisotopic (exact) mass is 542 g/mol. The van der Waals surface area contributed by atoms with Crippen molar-refractivity contribution in [2.24, 2.45) is 5.92 Å². The van der Waals surface area contributed by atoms with Crippen LogP contribution in [0.5, 0.6) is 0 Å². The average Bonchev–Trinajstić information content (AvgIpc) is 3.27. The fraction of sp³-hybridized carbons (Fsp3) is 0.552. The predicted molar refractivity (Wildman–Crippen MR) is 153 cm³/mol. The number of imidazole rings is 1. The van der Waals surface area contributed by atoms with Gasteiger partial charge in [0, 0.05) is 37.8 Å². The third-order valence-electron chi connectivity index (χ3n) is 7.53. The fourth-order valence-corrected chi connectivity index (χ4v) is 6.62. The average molecular weight is 543 g/mol. The summed E-state index contributed by atoms with van der Waals surface area (Å²) < 4.78 is 30.7. The molecule has 2 aromatic carbocycles. The van der Waals surface area contributed by atoms with Gasteiger partial charge in [-0.05, 0) is 61.2 Å². The smallest absolute Gasteiger partial charge is 0.264 e. The summed E-state index contributed by atoms with van der Waals surface area (Å²) in [6, 6.07) is 12.3. The van der Waals surface area contributed by atoms with Gasteiger partial charge in [-0.2, -0.15) is 0 Å². The summed E-state index contributed by atoms with van der Waals surface area (Å²) >= 11 is 0. The normalized spacial score (nSPS) is 15.2. The van der Waals surface area contributed by atoms with Crippen LogP contribution in [0.2, 0.25) is 0 Å². The first-order valence-electron chi connectivity index (χ1n) is 13.6. The van der Waals surface area contributed by atoms with Gasteiger partial charge in [0.1, 0.15) is 5.82 Å². The molecule has 208 valence electrons.